The molecule has 1 saturated heterocycles. The molecule has 3 heterocycles. The highest BCUT2D eigenvalue weighted by atomic mass is 32.2. The van der Waals surface area contributed by atoms with Crippen LogP contribution in [0.25, 0.3) is 5.65 Å². The molecule has 0 radical (unpaired) electrons. The number of sulfonamides is 1. The first-order valence-electron chi connectivity index (χ1n) is 6.66. The Morgan fingerprint density at radius 2 is 1.74 bits per heavy atom. The number of alkyl halides is 3. The summed E-state index contributed by atoms with van der Waals surface area (Å²) >= 11 is 0. The van der Waals surface area contributed by atoms with Gasteiger partial charge in [0.15, 0.2) is 5.65 Å². The van der Waals surface area contributed by atoms with Crippen molar-refractivity contribution in [2.24, 2.45) is 0 Å². The molecule has 0 amide bonds. The van der Waals surface area contributed by atoms with Crippen molar-refractivity contribution in [3.05, 3.63) is 18.0 Å². The van der Waals surface area contributed by atoms with Gasteiger partial charge >= 0.3 is 6.18 Å². The monoisotopic (exact) mass is 350 g/mol. The average Bonchev–Trinajstić information content (AvgIpc) is 2.89. The zero-order chi connectivity index (χ0) is 16.8. The Kier molecular flexibility index (Phi) is 3.67. The first-order valence-corrected chi connectivity index (χ1v) is 8.51. The number of piperazine rings is 1. The standard InChI is InChI=1S/C11H13F3N6O2S/c1-23(21,22)19-6-4-18(5-7-19)9-3-2-8-15-16-10(11(12,13)14)20(8)17-9/h2-3H,4-7H2,1H3. The van der Waals surface area contributed by atoms with E-state index in [1.807, 2.05) is 0 Å². The van der Waals surface area contributed by atoms with Crippen LogP contribution in [0, 0.1) is 0 Å². The summed E-state index contributed by atoms with van der Waals surface area (Å²) in [6.45, 7) is 1.20. The SMILES string of the molecule is CS(=O)(=O)N1CCN(c2ccc3nnc(C(F)(F)F)n3n2)CC1. The van der Waals surface area contributed by atoms with E-state index in [1.54, 1.807) is 11.0 Å². The maximum Gasteiger partial charge on any atom is 0.453 e. The van der Waals surface area contributed by atoms with E-state index in [2.05, 4.69) is 15.3 Å². The lowest BCUT2D eigenvalue weighted by Crippen LogP contribution is -2.48. The molecule has 23 heavy (non-hydrogen) atoms. The van der Waals surface area contributed by atoms with Gasteiger partial charge in [0.25, 0.3) is 5.82 Å². The van der Waals surface area contributed by atoms with Gasteiger partial charge in [-0.3, -0.25) is 0 Å². The van der Waals surface area contributed by atoms with E-state index >= 15 is 0 Å². The molecule has 0 spiro atoms. The number of halogens is 3. The summed E-state index contributed by atoms with van der Waals surface area (Å²) in [7, 11) is -3.27. The number of hydrogen-bond donors (Lipinski definition) is 0. The van der Waals surface area contributed by atoms with Gasteiger partial charge in [-0.1, -0.05) is 0 Å². The normalized spacial score (nSPS) is 17.8. The first-order chi connectivity index (χ1) is 10.7. The van der Waals surface area contributed by atoms with E-state index in [-0.39, 0.29) is 18.7 Å². The average molecular weight is 350 g/mol. The van der Waals surface area contributed by atoms with E-state index in [1.165, 1.54) is 10.4 Å². The summed E-state index contributed by atoms with van der Waals surface area (Å²) < 4.78 is 63.5. The fourth-order valence-corrected chi connectivity index (χ4v) is 3.20. The Hall–Kier alpha value is -1.95. The quantitative estimate of drug-likeness (QED) is 0.771. The van der Waals surface area contributed by atoms with Gasteiger partial charge in [0, 0.05) is 26.2 Å². The van der Waals surface area contributed by atoms with Crippen LogP contribution in [0.2, 0.25) is 0 Å². The third-order valence-electron chi connectivity index (χ3n) is 3.53. The Morgan fingerprint density at radius 3 is 2.30 bits per heavy atom. The van der Waals surface area contributed by atoms with Crippen molar-refractivity contribution in [1.29, 1.82) is 0 Å². The summed E-state index contributed by atoms with van der Waals surface area (Å²) in [4.78, 5) is 1.72. The van der Waals surface area contributed by atoms with E-state index < -0.39 is 22.0 Å². The molecule has 0 N–H and O–H groups in total. The lowest BCUT2D eigenvalue weighted by atomic mass is 10.3. The molecule has 1 aliphatic heterocycles. The lowest BCUT2D eigenvalue weighted by molar-refractivity contribution is -0.146. The van der Waals surface area contributed by atoms with Crippen LogP contribution in [0.5, 0.6) is 0 Å². The van der Waals surface area contributed by atoms with Crippen molar-refractivity contribution in [3.8, 4) is 0 Å². The van der Waals surface area contributed by atoms with Gasteiger partial charge in [0.2, 0.25) is 10.0 Å². The van der Waals surface area contributed by atoms with Gasteiger partial charge in [0.1, 0.15) is 5.82 Å². The number of anilines is 1. The van der Waals surface area contributed by atoms with Crippen molar-refractivity contribution in [1.82, 2.24) is 24.1 Å². The highest BCUT2D eigenvalue weighted by Crippen LogP contribution is 2.28. The molecule has 2 aromatic heterocycles. The van der Waals surface area contributed by atoms with E-state index in [9.17, 15) is 21.6 Å². The first kappa shape index (κ1) is 15.9. The minimum atomic E-state index is -4.65. The zero-order valence-electron chi connectivity index (χ0n) is 12.0. The second-order valence-electron chi connectivity index (χ2n) is 5.13. The summed E-state index contributed by atoms with van der Waals surface area (Å²) in [6, 6.07) is 2.94. The molecule has 3 rings (SSSR count). The number of rotatable bonds is 2. The van der Waals surface area contributed by atoms with Gasteiger partial charge in [-0.2, -0.15) is 22.0 Å². The molecule has 0 aromatic carbocycles. The maximum absolute atomic E-state index is 12.9. The van der Waals surface area contributed by atoms with Crippen LogP contribution in [-0.4, -0.2) is 65.0 Å². The number of aromatic nitrogens is 4. The summed E-state index contributed by atoms with van der Waals surface area (Å²) in [6.07, 6.45) is -3.53. The Labute approximate surface area is 129 Å². The zero-order valence-corrected chi connectivity index (χ0v) is 12.8. The van der Waals surface area contributed by atoms with Gasteiger partial charge in [-0.25, -0.2) is 8.42 Å². The Morgan fingerprint density at radius 1 is 1.09 bits per heavy atom. The Bertz CT molecular complexity index is 826. The van der Waals surface area contributed by atoms with Crippen LogP contribution in [0.1, 0.15) is 5.82 Å². The molecule has 0 unspecified atom stereocenters. The smallest absolute Gasteiger partial charge is 0.353 e. The molecular formula is C11H13F3N6O2S. The maximum atomic E-state index is 12.9. The minimum Gasteiger partial charge on any atom is -0.353 e. The fourth-order valence-electron chi connectivity index (χ4n) is 2.37. The molecule has 126 valence electrons. The van der Waals surface area contributed by atoms with Gasteiger partial charge < -0.3 is 4.90 Å². The van der Waals surface area contributed by atoms with E-state index in [0.29, 0.717) is 23.4 Å². The van der Waals surface area contributed by atoms with Crippen LogP contribution < -0.4 is 4.90 Å². The molecular weight excluding hydrogens is 337 g/mol. The van der Waals surface area contributed by atoms with Crippen molar-refractivity contribution < 1.29 is 21.6 Å². The second-order valence-corrected chi connectivity index (χ2v) is 7.11. The highest BCUT2D eigenvalue weighted by Gasteiger charge is 2.38. The number of nitrogens with zero attached hydrogens (tertiary/aromatic N) is 6. The number of fused-ring (bicyclic) bond motifs is 1. The van der Waals surface area contributed by atoms with Crippen molar-refractivity contribution in [2.75, 3.05) is 37.3 Å². The third kappa shape index (κ3) is 3.08. The van der Waals surface area contributed by atoms with Gasteiger partial charge in [-0.05, 0) is 12.1 Å². The molecule has 0 aliphatic carbocycles. The van der Waals surface area contributed by atoms with Crippen LogP contribution in [-0.2, 0) is 16.2 Å². The summed E-state index contributed by atoms with van der Waals surface area (Å²) in [5, 5.41) is 10.5. The summed E-state index contributed by atoms with van der Waals surface area (Å²) in [5.74, 6) is -0.875. The number of hydrogen-bond acceptors (Lipinski definition) is 6. The molecule has 0 saturated carbocycles. The van der Waals surface area contributed by atoms with Gasteiger partial charge in [-0.15, -0.1) is 15.3 Å². The van der Waals surface area contributed by atoms with Crippen molar-refractivity contribution in [2.45, 2.75) is 6.18 Å². The molecule has 0 atom stereocenters. The van der Waals surface area contributed by atoms with Crippen LogP contribution >= 0.6 is 0 Å². The fraction of sp³-hybridized carbons (Fsp3) is 0.545. The molecule has 12 heteroatoms. The topological polar surface area (TPSA) is 83.7 Å². The third-order valence-corrected chi connectivity index (χ3v) is 4.84. The molecule has 1 aliphatic rings. The second kappa shape index (κ2) is 5.30. The van der Waals surface area contributed by atoms with Crippen LogP contribution in [0.3, 0.4) is 0 Å². The van der Waals surface area contributed by atoms with Crippen molar-refractivity contribution >= 4 is 21.5 Å². The minimum absolute atomic E-state index is 0.00385. The van der Waals surface area contributed by atoms with E-state index in [0.717, 1.165) is 6.26 Å². The highest BCUT2D eigenvalue weighted by molar-refractivity contribution is 7.88. The summed E-state index contributed by atoms with van der Waals surface area (Å²) in [5.41, 5.74) is -0.00385. The molecule has 0 bridgehead atoms. The van der Waals surface area contributed by atoms with Gasteiger partial charge in [0.05, 0.1) is 6.26 Å². The van der Waals surface area contributed by atoms with E-state index in [4.69, 9.17) is 0 Å². The largest absolute Gasteiger partial charge is 0.453 e. The molecule has 2 aromatic rings. The Balaban J connectivity index is 1.87. The predicted octanol–water partition coefficient (Wildman–Crippen LogP) is 0.225. The van der Waals surface area contributed by atoms with Crippen LogP contribution in [0.4, 0.5) is 19.0 Å². The molecule has 1 fully saturated rings. The predicted molar refractivity (Wildman–Crippen MR) is 74.4 cm³/mol. The van der Waals surface area contributed by atoms with Crippen molar-refractivity contribution in [3.63, 3.8) is 0 Å². The lowest BCUT2D eigenvalue weighted by Gasteiger charge is -2.33. The molecule has 8 nitrogen and oxygen atoms in total. The van der Waals surface area contributed by atoms with Crippen LogP contribution in [0.15, 0.2) is 12.1 Å².